The standard InChI is InChI=1S/C10H20O2/c1-5-10(7-12-8-10)6-9(2,3)11-4/h5-8H2,1-4H3. The van der Waals surface area contributed by atoms with E-state index in [0.717, 1.165) is 19.6 Å². The van der Waals surface area contributed by atoms with Crippen LogP contribution in [0.25, 0.3) is 0 Å². The zero-order chi connectivity index (χ0) is 9.24. The molecule has 1 aliphatic rings. The average molecular weight is 172 g/mol. The summed E-state index contributed by atoms with van der Waals surface area (Å²) in [5.74, 6) is 0. The lowest BCUT2D eigenvalue weighted by Gasteiger charge is -2.45. The van der Waals surface area contributed by atoms with E-state index in [4.69, 9.17) is 9.47 Å². The number of ether oxygens (including phenoxy) is 2. The van der Waals surface area contributed by atoms with Crippen LogP contribution < -0.4 is 0 Å². The molecule has 1 heterocycles. The molecule has 1 fully saturated rings. The van der Waals surface area contributed by atoms with E-state index >= 15 is 0 Å². The number of hydrogen-bond donors (Lipinski definition) is 0. The maximum absolute atomic E-state index is 5.42. The van der Waals surface area contributed by atoms with E-state index in [-0.39, 0.29) is 5.60 Å². The zero-order valence-corrected chi connectivity index (χ0v) is 8.64. The minimum absolute atomic E-state index is 0.000208. The Balaban J connectivity index is 2.47. The quantitative estimate of drug-likeness (QED) is 0.647. The Morgan fingerprint density at radius 1 is 1.42 bits per heavy atom. The first kappa shape index (κ1) is 10.0. The van der Waals surface area contributed by atoms with E-state index in [1.54, 1.807) is 7.11 Å². The molecule has 1 saturated heterocycles. The highest BCUT2D eigenvalue weighted by Gasteiger charge is 2.41. The van der Waals surface area contributed by atoms with Crippen molar-refractivity contribution in [1.29, 1.82) is 0 Å². The second kappa shape index (κ2) is 3.35. The van der Waals surface area contributed by atoms with E-state index in [1.165, 1.54) is 6.42 Å². The van der Waals surface area contributed by atoms with Crippen molar-refractivity contribution in [3.05, 3.63) is 0 Å². The Morgan fingerprint density at radius 3 is 2.25 bits per heavy atom. The Hall–Kier alpha value is -0.0800. The predicted molar refractivity (Wildman–Crippen MR) is 49.2 cm³/mol. The van der Waals surface area contributed by atoms with E-state index in [1.807, 2.05) is 0 Å². The van der Waals surface area contributed by atoms with Crippen molar-refractivity contribution in [3.63, 3.8) is 0 Å². The molecular weight excluding hydrogens is 152 g/mol. The lowest BCUT2D eigenvalue weighted by Crippen LogP contribution is -2.47. The van der Waals surface area contributed by atoms with Gasteiger partial charge >= 0.3 is 0 Å². The normalized spacial score (nSPS) is 22.0. The summed E-state index contributed by atoms with van der Waals surface area (Å²) in [7, 11) is 1.78. The summed E-state index contributed by atoms with van der Waals surface area (Å²) < 4.78 is 10.7. The van der Waals surface area contributed by atoms with Gasteiger partial charge in [0, 0.05) is 12.5 Å². The monoisotopic (exact) mass is 172 g/mol. The molecule has 0 aromatic rings. The number of methoxy groups -OCH3 is 1. The molecule has 1 rings (SSSR count). The SMILES string of the molecule is CCC1(CC(C)(C)OC)COC1. The summed E-state index contributed by atoms with van der Waals surface area (Å²) in [4.78, 5) is 0. The molecule has 0 aromatic heterocycles. The molecule has 0 bridgehead atoms. The van der Waals surface area contributed by atoms with Gasteiger partial charge in [0.05, 0.1) is 18.8 Å². The van der Waals surface area contributed by atoms with Crippen molar-refractivity contribution >= 4 is 0 Å². The molecule has 0 aliphatic carbocycles. The van der Waals surface area contributed by atoms with Gasteiger partial charge in [0.25, 0.3) is 0 Å². The first-order chi connectivity index (χ1) is 5.54. The van der Waals surface area contributed by atoms with Crippen molar-refractivity contribution in [2.45, 2.75) is 39.2 Å². The van der Waals surface area contributed by atoms with E-state index in [9.17, 15) is 0 Å². The number of hydrogen-bond acceptors (Lipinski definition) is 2. The fourth-order valence-electron chi connectivity index (χ4n) is 1.80. The summed E-state index contributed by atoms with van der Waals surface area (Å²) >= 11 is 0. The van der Waals surface area contributed by atoms with Gasteiger partial charge in [-0.15, -0.1) is 0 Å². The largest absolute Gasteiger partial charge is 0.380 e. The third kappa shape index (κ3) is 1.99. The molecule has 72 valence electrons. The molecule has 0 spiro atoms. The summed E-state index contributed by atoms with van der Waals surface area (Å²) in [5, 5.41) is 0. The van der Waals surface area contributed by atoms with Crippen LogP contribution in [0.3, 0.4) is 0 Å². The van der Waals surface area contributed by atoms with Gasteiger partial charge in [-0.2, -0.15) is 0 Å². The molecule has 0 amide bonds. The summed E-state index contributed by atoms with van der Waals surface area (Å²) in [5.41, 5.74) is 0.402. The van der Waals surface area contributed by atoms with Crippen LogP contribution in [0.1, 0.15) is 33.6 Å². The molecule has 12 heavy (non-hydrogen) atoms. The highest BCUT2D eigenvalue weighted by Crippen LogP contribution is 2.39. The molecule has 2 nitrogen and oxygen atoms in total. The second-order valence-electron chi connectivity index (χ2n) is 4.49. The fraction of sp³-hybridized carbons (Fsp3) is 1.00. The van der Waals surface area contributed by atoms with Crippen LogP contribution in [0, 0.1) is 5.41 Å². The van der Waals surface area contributed by atoms with Gasteiger partial charge < -0.3 is 9.47 Å². The first-order valence-corrected chi connectivity index (χ1v) is 4.66. The summed E-state index contributed by atoms with van der Waals surface area (Å²) in [6, 6.07) is 0. The molecule has 0 radical (unpaired) electrons. The fourth-order valence-corrected chi connectivity index (χ4v) is 1.80. The second-order valence-corrected chi connectivity index (χ2v) is 4.49. The molecule has 0 N–H and O–H groups in total. The van der Waals surface area contributed by atoms with Gasteiger partial charge in [-0.05, 0) is 26.7 Å². The van der Waals surface area contributed by atoms with Crippen molar-refractivity contribution in [2.75, 3.05) is 20.3 Å². The topological polar surface area (TPSA) is 18.5 Å². The van der Waals surface area contributed by atoms with Crippen molar-refractivity contribution in [3.8, 4) is 0 Å². The van der Waals surface area contributed by atoms with Gasteiger partial charge in [0.2, 0.25) is 0 Å². The first-order valence-electron chi connectivity index (χ1n) is 4.66. The Morgan fingerprint density at radius 2 is 2.00 bits per heavy atom. The Bertz CT molecular complexity index is 142. The van der Waals surface area contributed by atoms with Gasteiger partial charge in [-0.1, -0.05) is 6.92 Å². The molecule has 0 saturated carbocycles. The number of rotatable bonds is 4. The maximum Gasteiger partial charge on any atom is 0.0629 e. The zero-order valence-electron chi connectivity index (χ0n) is 8.64. The van der Waals surface area contributed by atoms with E-state index < -0.39 is 0 Å². The minimum Gasteiger partial charge on any atom is -0.380 e. The van der Waals surface area contributed by atoms with Crippen LogP contribution in [0.15, 0.2) is 0 Å². The van der Waals surface area contributed by atoms with Crippen molar-refractivity contribution < 1.29 is 9.47 Å². The molecule has 0 atom stereocenters. The van der Waals surface area contributed by atoms with Crippen LogP contribution in [0.2, 0.25) is 0 Å². The Kier molecular flexibility index (Phi) is 2.79. The summed E-state index contributed by atoms with van der Waals surface area (Å²) in [6.45, 7) is 8.34. The molecular formula is C10H20O2. The van der Waals surface area contributed by atoms with Crippen LogP contribution in [-0.2, 0) is 9.47 Å². The van der Waals surface area contributed by atoms with Crippen LogP contribution in [-0.4, -0.2) is 25.9 Å². The molecule has 0 aromatic carbocycles. The van der Waals surface area contributed by atoms with Crippen molar-refractivity contribution in [1.82, 2.24) is 0 Å². The van der Waals surface area contributed by atoms with E-state index in [0.29, 0.717) is 5.41 Å². The smallest absolute Gasteiger partial charge is 0.0629 e. The lowest BCUT2D eigenvalue weighted by atomic mass is 9.75. The van der Waals surface area contributed by atoms with Gasteiger partial charge in [-0.25, -0.2) is 0 Å². The lowest BCUT2D eigenvalue weighted by molar-refractivity contribution is -0.152. The van der Waals surface area contributed by atoms with E-state index in [2.05, 4.69) is 20.8 Å². The molecule has 2 heteroatoms. The highest BCUT2D eigenvalue weighted by atomic mass is 16.5. The van der Waals surface area contributed by atoms with Crippen LogP contribution >= 0.6 is 0 Å². The molecule has 0 unspecified atom stereocenters. The third-order valence-electron chi connectivity index (χ3n) is 2.92. The third-order valence-corrected chi connectivity index (χ3v) is 2.92. The minimum atomic E-state index is -0.000208. The van der Waals surface area contributed by atoms with Gasteiger partial charge in [0.1, 0.15) is 0 Å². The van der Waals surface area contributed by atoms with Gasteiger partial charge in [-0.3, -0.25) is 0 Å². The highest BCUT2D eigenvalue weighted by molar-refractivity contribution is 4.90. The maximum atomic E-state index is 5.42. The predicted octanol–water partition coefficient (Wildman–Crippen LogP) is 2.23. The Labute approximate surface area is 75.2 Å². The summed E-state index contributed by atoms with van der Waals surface area (Å²) in [6.07, 6.45) is 2.30. The molecule has 1 aliphatic heterocycles. The van der Waals surface area contributed by atoms with Gasteiger partial charge in [0.15, 0.2) is 0 Å². The van der Waals surface area contributed by atoms with Crippen molar-refractivity contribution in [2.24, 2.45) is 5.41 Å². The van der Waals surface area contributed by atoms with Crippen LogP contribution in [0.4, 0.5) is 0 Å². The average Bonchev–Trinajstić information content (AvgIpc) is 1.97. The van der Waals surface area contributed by atoms with Crippen LogP contribution in [0.5, 0.6) is 0 Å².